The first-order valence-corrected chi connectivity index (χ1v) is 5.63. The van der Waals surface area contributed by atoms with Gasteiger partial charge in [-0.15, -0.1) is 0 Å². The van der Waals surface area contributed by atoms with Crippen molar-refractivity contribution >= 4 is 11.8 Å². The van der Waals surface area contributed by atoms with Crippen LogP contribution in [0.2, 0.25) is 0 Å². The molecule has 0 N–H and O–H groups in total. The number of methoxy groups -OCH3 is 1. The van der Waals surface area contributed by atoms with E-state index in [2.05, 4.69) is 9.72 Å². The largest absolute Gasteiger partial charge is 0.468 e. The summed E-state index contributed by atoms with van der Waals surface area (Å²) >= 11 is 0. The Hall–Kier alpha value is -1.79. The summed E-state index contributed by atoms with van der Waals surface area (Å²) in [5.74, 6) is -0.886. The van der Waals surface area contributed by atoms with Gasteiger partial charge in [0.1, 0.15) is 12.4 Å². The highest BCUT2D eigenvalue weighted by atomic mass is 19.4. The molecule has 4 nitrogen and oxygen atoms in total. The van der Waals surface area contributed by atoms with Crippen LogP contribution in [-0.2, 0) is 15.7 Å². The average Bonchev–Trinajstić information content (AvgIpc) is 2.34. The van der Waals surface area contributed by atoms with Crippen LogP contribution in [0.25, 0.3) is 0 Å². The van der Waals surface area contributed by atoms with Crippen molar-refractivity contribution in [3.8, 4) is 0 Å². The summed E-state index contributed by atoms with van der Waals surface area (Å²) in [7, 11) is 1.18. The number of halogens is 3. The summed E-state index contributed by atoms with van der Waals surface area (Å²) in [6.07, 6.45) is -3.26. The number of ether oxygens (including phenoxy) is 1. The molecule has 1 heterocycles. The fraction of sp³-hybridized carbons (Fsp3) is 0.500. The van der Waals surface area contributed by atoms with Gasteiger partial charge in [-0.05, 0) is 26.0 Å². The van der Waals surface area contributed by atoms with E-state index in [0.29, 0.717) is 0 Å². The number of alkyl halides is 3. The molecule has 1 aromatic rings. The van der Waals surface area contributed by atoms with Crippen molar-refractivity contribution in [1.82, 2.24) is 4.98 Å². The van der Waals surface area contributed by atoms with Crippen LogP contribution in [-0.4, -0.2) is 30.6 Å². The molecule has 0 aliphatic heterocycles. The summed E-state index contributed by atoms with van der Waals surface area (Å²) < 4.78 is 43.2. The van der Waals surface area contributed by atoms with Gasteiger partial charge in [-0.1, -0.05) is 0 Å². The number of carbonyl (C=O) groups excluding carboxylic acids is 1. The predicted octanol–water partition coefficient (Wildman–Crippen LogP) is 2.49. The highest BCUT2D eigenvalue weighted by molar-refractivity contribution is 5.75. The molecule has 0 radical (unpaired) electrons. The molecule has 106 valence electrons. The molecule has 0 amide bonds. The van der Waals surface area contributed by atoms with E-state index >= 15 is 0 Å². The van der Waals surface area contributed by atoms with Gasteiger partial charge in [-0.2, -0.15) is 13.2 Å². The zero-order valence-corrected chi connectivity index (χ0v) is 10.9. The van der Waals surface area contributed by atoms with Crippen LogP contribution in [0, 0.1) is 0 Å². The number of pyridine rings is 1. The lowest BCUT2D eigenvalue weighted by Gasteiger charge is -2.28. The molecule has 0 saturated heterocycles. The molecule has 0 spiro atoms. The van der Waals surface area contributed by atoms with Crippen molar-refractivity contribution in [1.29, 1.82) is 0 Å². The van der Waals surface area contributed by atoms with E-state index in [-0.39, 0.29) is 18.4 Å². The van der Waals surface area contributed by atoms with Gasteiger partial charge in [0.2, 0.25) is 0 Å². The Morgan fingerprint density at radius 1 is 1.47 bits per heavy atom. The van der Waals surface area contributed by atoms with E-state index in [1.165, 1.54) is 24.3 Å². The van der Waals surface area contributed by atoms with E-state index in [9.17, 15) is 18.0 Å². The number of hydrogen-bond acceptors (Lipinski definition) is 4. The first kappa shape index (κ1) is 15.3. The molecule has 0 saturated carbocycles. The summed E-state index contributed by atoms with van der Waals surface area (Å²) in [6, 6.07) is 1.83. The van der Waals surface area contributed by atoms with E-state index in [4.69, 9.17) is 0 Å². The van der Waals surface area contributed by atoms with Gasteiger partial charge in [-0.25, -0.2) is 4.98 Å². The Bertz CT molecular complexity index is 447. The maximum Gasteiger partial charge on any atom is 0.419 e. The van der Waals surface area contributed by atoms with Crippen molar-refractivity contribution in [2.24, 2.45) is 0 Å². The van der Waals surface area contributed by atoms with Crippen LogP contribution in [0.3, 0.4) is 0 Å². The van der Waals surface area contributed by atoms with Gasteiger partial charge < -0.3 is 9.64 Å². The number of rotatable bonds is 4. The molecule has 19 heavy (non-hydrogen) atoms. The van der Waals surface area contributed by atoms with Gasteiger partial charge in [0, 0.05) is 12.2 Å². The number of anilines is 1. The number of aromatic nitrogens is 1. The highest BCUT2D eigenvalue weighted by Gasteiger charge is 2.36. The van der Waals surface area contributed by atoms with E-state index in [1.54, 1.807) is 13.8 Å². The Morgan fingerprint density at radius 3 is 2.58 bits per heavy atom. The zero-order chi connectivity index (χ0) is 14.6. The van der Waals surface area contributed by atoms with Crippen molar-refractivity contribution in [2.75, 3.05) is 18.6 Å². The van der Waals surface area contributed by atoms with Crippen molar-refractivity contribution in [2.45, 2.75) is 26.1 Å². The SMILES string of the molecule is COC(=O)CN(c1ncccc1C(F)(F)F)C(C)C. The molecule has 0 aliphatic carbocycles. The monoisotopic (exact) mass is 276 g/mol. The van der Waals surface area contributed by atoms with Gasteiger partial charge in [0.25, 0.3) is 0 Å². The first-order chi connectivity index (χ1) is 8.77. The van der Waals surface area contributed by atoms with Crippen LogP contribution in [0.4, 0.5) is 19.0 Å². The Morgan fingerprint density at radius 2 is 2.11 bits per heavy atom. The lowest BCUT2D eigenvalue weighted by Crippen LogP contribution is -2.38. The zero-order valence-electron chi connectivity index (χ0n) is 10.9. The van der Waals surface area contributed by atoms with Crippen molar-refractivity contribution in [3.05, 3.63) is 23.9 Å². The molecule has 0 atom stereocenters. The van der Waals surface area contributed by atoms with Crippen molar-refractivity contribution in [3.63, 3.8) is 0 Å². The van der Waals surface area contributed by atoms with Gasteiger partial charge in [0.15, 0.2) is 0 Å². The van der Waals surface area contributed by atoms with Gasteiger partial charge >= 0.3 is 12.1 Å². The number of hydrogen-bond donors (Lipinski definition) is 0. The minimum atomic E-state index is -4.52. The van der Waals surface area contributed by atoms with Crippen LogP contribution in [0.1, 0.15) is 19.4 Å². The maximum absolute atomic E-state index is 12.9. The summed E-state index contributed by atoms with van der Waals surface area (Å²) in [6.45, 7) is 3.07. The number of nitrogens with zero attached hydrogens (tertiary/aromatic N) is 2. The molecular weight excluding hydrogens is 261 g/mol. The van der Waals surface area contributed by atoms with Crippen LogP contribution < -0.4 is 4.90 Å². The summed E-state index contributed by atoms with van der Waals surface area (Å²) in [5, 5.41) is 0. The molecule has 0 bridgehead atoms. The lowest BCUT2D eigenvalue weighted by molar-refractivity contribution is -0.140. The normalized spacial score (nSPS) is 11.5. The molecule has 0 unspecified atom stereocenters. The van der Waals surface area contributed by atoms with E-state index in [1.807, 2.05) is 0 Å². The van der Waals surface area contributed by atoms with Crippen LogP contribution in [0.5, 0.6) is 0 Å². The standard InChI is InChI=1S/C12H15F3N2O2/c1-8(2)17(7-10(18)19-3)11-9(12(13,14)15)5-4-6-16-11/h4-6,8H,7H2,1-3H3. The van der Waals surface area contributed by atoms with E-state index < -0.39 is 17.7 Å². The van der Waals surface area contributed by atoms with Gasteiger partial charge in [0.05, 0.1) is 12.7 Å². The number of carbonyl (C=O) groups is 1. The smallest absolute Gasteiger partial charge is 0.419 e. The Labute approximate surface area is 109 Å². The fourth-order valence-corrected chi connectivity index (χ4v) is 1.55. The summed E-state index contributed by atoms with van der Waals surface area (Å²) in [4.78, 5) is 16.3. The number of esters is 1. The quantitative estimate of drug-likeness (QED) is 0.792. The fourth-order valence-electron chi connectivity index (χ4n) is 1.55. The van der Waals surface area contributed by atoms with Crippen LogP contribution in [0.15, 0.2) is 18.3 Å². The molecule has 7 heteroatoms. The third-order valence-electron chi connectivity index (χ3n) is 2.51. The molecule has 0 fully saturated rings. The molecular formula is C12H15F3N2O2. The Balaban J connectivity index is 3.20. The third kappa shape index (κ3) is 3.84. The van der Waals surface area contributed by atoms with Crippen LogP contribution >= 0.6 is 0 Å². The molecule has 0 aromatic carbocycles. The minimum absolute atomic E-state index is 0.268. The summed E-state index contributed by atoms with van der Waals surface area (Å²) in [5.41, 5.74) is -0.868. The van der Waals surface area contributed by atoms with E-state index in [0.717, 1.165) is 6.07 Å². The first-order valence-electron chi connectivity index (χ1n) is 5.63. The second kappa shape index (κ2) is 5.90. The molecule has 1 aromatic heterocycles. The van der Waals surface area contributed by atoms with Gasteiger partial charge in [-0.3, -0.25) is 4.79 Å². The topological polar surface area (TPSA) is 42.4 Å². The average molecular weight is 276 g/mol. The predicted molar refractivity (Wildman–Crippen MR) is 63.7 cm³/mol. The lowest BCUT2D eigenvalue weighted by atomic mass is 10.2. The second-order valence-electron chi connectivity index (χ2n) is 4.17. The van der Waals surface area contributed by atoms with Crippen molar-refractivity contribution < 1.29 is 22.7 Å². The maximum atomic E-state index is 12.9. The molecule has 1 rings (SSSR count). The highest BCUT2D eigenvalue weighted by Crippen LogP contribution is 2.35. The Kier molecular flexibility index (Phi) is 4.74. The molecule has 0 aliphatic rings. The third-order valence-corrected chi connectivity index (χ3v) is 2.51. The minimum Gasteiger partial charge on any atom is -0.468 e. The second-order valence-corrected chi connectivity index (χ2v) is 4.17.